The predicted molar refractivity (Wildman–Crippen MR) is 57.1 cm³/mol. The van der Waals surface area contributed by atoms with E-state index in [-0.39, 0.29) is 6.23 Å². The summed E-state index contributed by atoms with van der Waals surface area (Å²) in [5.41, 5.74) is 0. The summed E-state index contributed by atoms with van der Waals surface area (Å²) < 4.78 is 0. The molecule has 14 heavy (non-hydrogen) atoms. The largest absolute Gasteiger partial charge is 0.378 e. The molecule has 0 aromatic heterocycles. The van der Waals surface area contributed by atoms with E-state index in [0.717, 1.165) is 12.8 Å². The van der Waals surface area contributed by atoms with Crippen LogP contribution < -0.4 is 0 Å². The van der Waals surface area contributed by atoms with Crippen molar-refractivity contribution in [1.82, 2.24) is 9.80 Å². The molecule has 1 N–H and O–H groups in total. The third-order valence-electron chi connectivity index (χ3n) is 3.81. The maximum absolute atomic E-state index is 9.89. The summed E-state index contributed by atoms with van der Waals surface area (Å²) in [6, 6.07) is 1.21. The van der Waals surface area contributed by atoms with Crippen LogP contribution in [0.5, 0.6) is 0 Å². The molecule has 0 bridgehead atoms. The lowest BCUT2D eigenvalue weighted by Crippen LogP contribution is -2.48. The molecule has 3 heteroatoms. The van der Waals surface area contributed by atoms with Gasteiger partial charge in [-0.2, -0.15) is 0 Å². The highest BCUT2D eigenvalue weighted by Crippen LogP contribution is 2.28. The van der Waals surface area contributed by atoms with Gasteiger partial charge in [-0.3, -0.25) is 4.90 Å². The predicted octanol–water partition coefficient (Wildman–Crippen LogP) is 0.883. The molecule has 0 aromatic carbocycles. The summed E-state index contributed by atoms with van der Waals surface area (Å²) >= 11 is 0. The monoisotopic (exact) mass is 198 g/mol. The number of hydrogen-bond acceptors (Lipinski definition) is 3. The van der Waals surface area contributed by atoms with Gasteiger partial charge in [0.05, 0.1) is 0 Å². The van der Waals surface area contributed by atoms with Crippen LogP contribution in [0.25, 0.3) is 0 Å². The molecule has 2 aliphatic heterocycles. The fraction of sp³-hybridized carbons (Fsp3) is 1.00. The summed E-state index contributed by atoms with van der Waals surface area (Å²) in [6.07, 6.45) is 4.40. The summed E-state index contributed by atoms with van der Waals surface area (Å²) in [6.45, 7) is 4.61. The van der Waals surface area contributed by atoms with Crippen LogP contribution in [0.3, 0.4) is 0 Å². The number of rotatable bonds is 1. The molecule has 2 rings (SSSR count). The number of aliphatic hydroxyl groups excluding tert-OH is 1. The second-order valence-electron chi connectivity index (χ2n) is 4.89. The third-order valence-corrected chi connectivity index (χ3v) is 3.81. The first-order valence-electron chi connectivity index (χ1n) is 5.82. The van der Waals surface area contributed by atoms with Gasteiger partial charge in [0, 0.05) is 12.1 Å². The van der Waals surface area contributed by atoms with Crippen LogP contribution in [0.15, 0.2) is 0 Å². The number of aliphatic hydroxyl groups is 1. The number of piperidine rings is 1. The molecule has 2 fully saturated rings. The van der Waals surface area contributed by atoms with Crippen LogP contribution in [0.1, 0.15) is 32.6 Å². The molecule has 3 nitrogen and oxygen atoms in total. The second-order valence-corrected chi connectivity index (χ2v) is 4.89. The van der Waals surface area contributed by atoms with E-state index in [1.165, 1.54) is 25.9 Å². The molecule has 0 saturated carbocycles. The van der Waals surface area contributed by atoms with Gasteiger partial charge in [0.2, 0.25) is 0 Å². The van der Waals surface area contributed by atoms with Crippen LogP contribution in [0.2, 0.25) is 0 Å². The SMILES string of the molecule is CC1CCC(O)N1C1CCN(C)CC1. The zero-order valence-corrected chi connectivity index (χ0v) is 9.32. The first-order valence-corrected chi connectivity index (χ1v) is 5.82. The van der Waals surface area contributed by atoms with Gasteiger partial charge < -0.3 is 10.0 Å². The van der Waals surface area contributed by atoms with Crippen molar-refractivity contribution in [3.63, 3.8) is 0 Å². The van der Waals surface area contributed by atoms with E-state index < -0.39 is 0 Å². The van der Waals surface area contributed by atoms with Crippen molar-refractivity contribution >= 4 is 0 Å². The maximum Gasteiger partial charge on any atom is 0.107 e. The summed E-state index contributed by atoms with van der Waals surface area (Å²) in [5, 5.41) is 9.89. The molecule has 2 unspecified atom stereocenters. The van der Waals surface area contributed by atoms with Gasteiger partial charge in [-0.25, -0.2) is 0 Å². The average Bonchev–Trinajstić information content (AvgIpc) is 2.49. The standard InChI is InChI=1S/C11H22N2O/c1-9-3-4-11(14)13(9)10-5-7-12(2)8-6-10/h9-11,14H,3-8H2,1-2H3. The smallest absolute Gasteiger partial charge is 0.107 e. The van der Waals surface area contributed by atoms with E-state index in [0.29, 0.717) is 12.1 Å². The van der Waals surface area contributed by atoms with Crippen molar-refractivity contribution in [2.45, 2.75) is 50.9 Å². The number of hydrogen-bond donors (Lipinski definition) is 1. The van der Waals surface area contributed by atoms with E-state index in [4.69, 9.17) is 0 Å². The van der Waals surface area contributed by atoms with Crippen molar-refractivity contribution in [3.8, 4) is 0 Å². The molecule has 82 valence electrons. The highest BCUT2D eigenvalue weighted by Gasteiger charge is 2.35. The minimum atomic E-state index is -0.168. The van der Waals surface area contributed by atoms with Gasteiger partial charge in [0.15, 0.2) is 0 Å². The van der Waals surface area contributed by atoms with E-state index in [1.807, 2.05) is 0 Å². The molecule has 2 saturated heterocycles. The first-order chi connectivity index (χ1) is 6.68. The average molecular weight is 198 g/mol. The van der Waals surface area contributed by atoms with E-state index in [1.54, 1.807) is 0 Å². The Bertz CT molecular complexity index is 180. The van der Waals surface area contributed by atoms with Crippen molar-refractivity contribution in [1.29, 1.82) is 0 Å². The van der Waals surface area contributed by atoms with Crippen LogP contribution in [-0.4, -0.2) is 53.4 Å². The Morgan fingerprint density at radius 1 is 1.07 bits per heavy atom. The Hall–Kier alpha value is -0.120. The van der Waals surface area contributed by atoms with Gasteiger partial charge in [-0.05, 0) is 52.7 Å². The summed E-state index contributed by atoms with van der Waals surface area (Å²) in [4.78, 5) is 4.72. The van der Waals surface area contributed by atoms with Crippen LogP contribution in [0.4, 0.5) is 0 Å². The quantitative estimate of drug-likeness (QED) is 0.677. The van der Waals surface area contributed by atoms with Gasteiger partial charge in [0.25, 0.3) is 0 Å². The minimum Gasteiger partial charge on any atom is -0.378 e. The minimum absolute atomic E-state index is 0.168. The first kappa shape index (κ1) is 10.4. The Balaban J connectivity index is 1.94. The third kappa shape index (κ3) is 1.95. The molecule has 0 amide bonds. The number of likely N-dealkylation sites (tertiary alicyclic amines) is 2. The Kier molecular flexibility index (Phi) is 3.10. The molecule has 2 atom stereocenters. The lowest BCUT2D eigenvalue weighted by atomic mass is 10.0. The van der Waals surface area contributed by atoms with E-state index >= 15 is 0 Å². The van der Waals surface area contributed by atoms with E-state index in [9.17, 15) is 5.11 Å². The summed E-state index contributed by atoms with van der Waals surface area (Å²) in [5.74, 6) is 0. The molecule has 0 aromatic rings. The van der Waals surface area contributed by atoms with Crippen molar-refractivity contribution in [2.75, 3.05) is 20.1 Å². The van der Waals surface area contributed by atoms with Gasteiger partial charge in [0.1, 0.15) is 6.23 Å². The van der Waals surface area contributed by atoms with Crippen LogP contribution in [-0.2, 0) is 0 Å². The van der Waals surface area contributed by atoms with Gasteiger partial charge in [-0.15, -0.1) is 0 Å². The Morgan fingerprint density at radius 2 is 1.71 bits per heavy atom. The topological polar surface area (TPSA) is 26.7 Å². The normalized spacial score (nSPS) is 37.9. The lowest BCUT2D eigenvalue weighted by molar-refractivity contribution is -0.0265. The lowest BCUT2D eigenvalue weighted by Gasteiger charge is -2.38. The molecular formula is C11H22N2O. The zero-order valence-electron chi connectivity index (χ0n) is 9.32. The summed E-state index contributed by atoms with van der Waals surface area (Å²) in [7, 11) is 2.18. The zero-order chi connectivity index (χ0) is 10.1. The fourth-order valence-corrected chi connectivity index (χ4v) is 2.88. The van der Waals surface area contributed by atoms with Gasteiger partial charge in [-0.1, -0.05) is 0 Å². The highest BCUT2D eigenvalue weighted by atomic mass is 16.3. The Labute approximate surface area is 86.7 Å². The van der Waals surface area contributed by atoms with E-state index in [2.05, 4.69) is 23.8 Å². The maximum atomic E-state index is 9.89. The molecule has 2 heterocycles. The molecule has 0 spiro atoms. The highest BCUT2D eigenvalue weighted by molar-refractivity contribution is 4.87. The molecule has 2 aliphatic rings. The van der Waals surface area contributed by atoms with Crippen LogP contribution in [0, 0.1) is 0 Å². The Morgan fingerprint density at radius 3 is 2.21 bits per heavy atom. The number of nitrogens with zero attached hydrogens (tertiary/aromatic N) is 2. The van der Waals surface area contributed by atoms with Crippen molar-refractivity contribution in [2.24, 2.45) is 0 Å². The molecule has 0 aliphatic carbocycles. The molecule has 0 radical (unpaired) electrons. The van der Waals surface area contributed by atoms with Crippen molar-refractivity contribution in [3.05, 3.63) is 0 Å². The van der Waals surface area contributed by atoms with Crippen molar-refractivity contribution < 1.29 is 5.11 Å². The second kappa shape index (κ2) is 4.17. The van der Waals surface area contributed by atoms with Gasteiger partial charge >= 0.3 is 0 Å². The van der Waals surface area contributed by atoms with Crippen LogP contribution >= 0.6 is 0 Å². The fourth-order valence-electron chi connectivity index (χ4n) is 2.88. The molecular weight excluding hydrogens is 176 g/mol.